The smallest absolute Gasteiger partial charge is 0.308 e. The molecule has 0 rings (SSSR count). The van der Waals surface area contributed by atoms with Crippen molar-refractivity contribution in [3.05, 3.63) is 6.42 Å². The molecule has 0 aliphatic carbocycles. The average molecular weight is 472 g/mol. The Hall–Kier alpha value is -2.12. The van der Waals surface area contributed by atoms with Crippen LogP contribution in [0.1, 0.15) is 91.4 Å². The third-order valence-corrected chi connectivity index (χ3v) is 5.23. The molecule has 0 aromatic carbocycles. The van der Waals surface area contributed by atoms with Gasteiger partial charge in [-0.25, -0.2) is 0 Å². The van der Waals surface area contributed by atoms with E-state index >= 15 is 0 Å². The maximum atomic E-state index is 12.4. The number of carbonyl (C=O) groups is 4. The molecule has 0 aromatic heterocycles. The lowest BCUT2D eigenvalue weighted by Crippen LogP contribution is -2.20. The van der Waals surface area contributed by atoms with E-state index in [4.69, 9.17) is 18.9 Å². The molecule has 0 N–H and O–H groups in total. The Balaban J connectivity index is 4.81. The van der Waals surface area contributed by atoms with E-state index in [0.717, 1.165) is 19.3 Å². The van der Waals surface area contributed by atoms with Gasteiger partial charge in [0.05, 0.1) is 32.8 Å². The van der Waals surface area contributed by atoms with E-state index in [1.165, 1.54) is 7.11 Å². The van der Waals surface area contributed by atoms with Gasteiger partial charge in [0.2, 0.25) is 0 Å². The molecule has 0 saturated heterocycles. The molecule has 0 aliphatic rings. The van der Waals surface area contributed by atoms with Gasteiger partial charge in [0.25, 0.3) is 0 Å². The molecule has 0 saturated carbocycles. The second-order valence-corrected chi connectivity index (χ2v) is 8.03. The van der Waals surface area contributed by atoms with E-state index in [-0.39, 0.29) is 61.6 Å². The number of hydrogen-bond acceptors (Lipinski definition) is 8. The van der Waals surface area contributed by atoms with Crippen LogP contribution in [0.25, 0.3) is 0 Å². The van der Waals surface area contributed by atoms with Crippen molar-refractivity contribution < 1.29 is 38.1 Å². The van der Waals surface area contributed by atoms with Crippen LogP contribution in [0.5, 0.6) is 0 Å². The van der Waals surface area contributed by atoms with Crippen LogP contribution in [0.2, 0.25) is 0 Å². The van der Waals surface area contributed by atoms with Crippen LogP contribution in [0.15, 0.2) is 0 Å². The maximum Gasteiger partial charge on any atom is 0.308 e. The van der Waals surface area contributed by atoms with Crippen molar-refractivity contribution in [1.29, 1.82) is 0 Å². The molecule has 0 bridgehead atoms. The second kappa shape index (κ2) is 20.5. The van der Waals surface area contributed by atoms with Gasteiger partial charge in [0.15, 0.2) is 0 Å². The number of unbranched alkanes of at least 4 members (excludes halogenated alkanes) is 1. The summed E-state index contributed by atoms with van der Waals surface area (Å²) in [5, 5.41) is 0. The van der Waals surface area contributed by atoms with E-state index < -0.39 is 0 Å². The van der Waals surface area contributed by atoms with Crippen LogP contribution in [0, 0.1) is 18.3 Å². The zero-order chi connectivity index (χ0) is 24.9. The molecule has 0 fully saturated rings. The molecule has 0 heterocycles. The predicted molar refractivity (Wildman–Crippen MR) is 124 cm³/mol. The quantitative estimate of drug-likeness (QED) is 0.144. The summed E-state index contributed by atoms with van der Waals surface area (Å²) in [5.41, 5.74) is 0. The lowest BCUT2D eigenvalue weighted by molar-refractivity contribution is -0.150. The first-order chi connectivity index (χ1) is 15.9. The number of hydrogen-bond donors (Lipinski definition) is 0. The minimum atomic E-state index is -0.352. The Morgan fingerprint density at radius 3 is 2.09 bits per heavy atom. The van der Waals surface area contributed by atoms with E-state index in [1.807, 2.05) is 20.3 Å². The summed E-state index contributed by atoms with van der Waals surface area (Å²) in [6.07, 6.45) is 7.78. The number of esters is 4. The van der Waals surface area contributed by atoms with Crippen molar-refractivity contribution >= 4 is 23.9 Å². The van der Waals surface area contributed by atoms with Crippen LogP contribution in [-0.4, -0.2) is 50.8 Å². The second-order valence-electron chi connectivity index (χ2n) is 8.03. The molecule has 2 atom stereocenters. The molecule has 33 heavy (non-hydrogen) atoms. The van der Waals surface area contributed by atoms with Gasteiger partial charge in [-0.2, -0.15) is 0 Å². The van der Waals surface area contributed by atoms with Crippen LogP contribution < -0.4 is 0 Å². The van der Waals surface area contributed by atoms with Gasteiger partial charge in [-0.05, 0) is 64.2 Å². The van der Waals surface area contributed by atoms with Crippen molar-refractivity contribution in [3.8, 4) is 0 Å². The van der Waals surface area contributed by atoms with E-state index in [9.17, 15) is 19.2 Å². The summed E-state index contributed by atoms with van der Waals surface area (Å²) in [5.74, 6) is -1.55. The molecule has 0 spiro atoms. The van der Waals surface area contributed by atoms with Crippen molar-refractivity contribution in [1.82, 2.24) is 0 Å². The van der Waals surface area contributed by atoms with E-state index in [1.54, 1.807) is 6.92 Å². The van der Waals surface area contributed by atoms with Gasteiger partial charge in [-0.15, -0.1) is 0 Å². The Kier molecular flexibility index (Phi) is 19.2. The summed E-state index contributed by atoms with van der Waals surface area (Å²) >= 11 is 0. The summed E-state index contributed by atoms with van der Waals surface area (Å²) < 4.78 is 20.2. The van der Waals surface area contributed by atoms with Gasteiger partial charge < -0.3 is 18.9 Å². The molecule has 8 nitrogen and oxygen atoms in total. The van der Waals surface area contributed by atoms with Crippen LogP contribution in [0.3, 0.4) is 0 Å². The van der Waals surface area contributed by atoms with Gasteiger partial charge >= 0.3 is 23.9 Å². The minimum absolute atomic E-state index is 0.0470. The zero-order valence-electron chi connectivity index (χ0n) is 20.9. The number of methoxy groups -OCH3 is 1. The zero-order valence-corrected chi connectivity index (χ0v) is 20.9. The monoisotopic (exact) mass is 471 g/mol. The third-order valence-electron chi connectivity index (χ3n) is 5.23. The number of ether oxygens (including phenoxy) is 4. The lowest BCUT2D eigenvalue weighted by Gasteiger charge is -2.20. The minimum Gasteiger partial charge on any atom is -0.469 e. The lowest BCUT2D eigenvalue weighted by atomic mass is 9.87. The molecule has 1 radical (unpaired) electrons. The molecular formula is C25H43O8. The highest BCUT2D eigenvalue weighted by Crippen LogP contribution is 2.25. The van der Waals surface area contributed by atoms with Crippen molar-refractivity contribution in [2.45, 2.75) is 91.4 Å². The first-order valence-electron chi connectivity index (χ1n) is 12.3. The third kappa shape index (κ3) is 17.1. The Bertz CT molecular complexity index is 561. The van der Waals surface area contributed by atoms with E-state index in [2.05, 4.69) is 0 Å². The van der Waals surface area contributed by atoms with Crippen LogP contribution >= 0.6 is 0 Å². The fraction of sp³-hybridized carbons (Fsp3) is 0.800. The highest BCUT2D eigenvalue weighted by atomic mass is 16.5. The molecule has 8 heteroatoms. The van der Waals surface area contributed by atoms with Gasteiger partial charge in [0.1, 0.15) is 0 Å². The standard InChI is InChI=1S/C25H43O8/c1-5-8-19-33-24(28)17-14-20(13-16-22(26)30-4)12-15-21(25(29)31-7-3)10-9-11-23(27)32-18-6-2/h14,20-21H,5-13,15-19H2,1-4H3. The Labute approximate surface area is 199 Å². The molecule has 191 valence electrons. The van der Waals surface area contributed by atoms with Gasteiger partial charge in [-0.3, -0.25) is 19.2 Å². The Morgan fingerprint density at radius 2 is 1.45 bits per heavy atom. The highest BCUT2D eigenvalue weighted by molar-refractivity contribution is 5.73. The molecule has 0 amide bonds. The van der Waals surface area contributed by atoms with Crippen LogP contribution in [0.4, 0.5) is 0 Å². The molecule has 0 aliphatic heterocycles. The normalized spacial score (nSPS) is 12.5. The summed E-state index contributed by atoms with van der Waals surface area (Å²) in [6, 6.07) is 0. The van der Waals surface area contributed by atoms with Crippen molar-refractivity contribution in [3.63, 3.8) is 0 Å². The summed E-state index contributed by atoms with van der Waals surface area (Å²) in [6.45, 7) is 6.81. The number of carbonyl (C=O) groups excluding carboxylic acids is 4. The molecular weight excluding hydrogens is 428 g/mol. The number of rotatable bonds is 20. The van der Waals surface area contributed by atoms with Crippen LogP contribution in [-0.2, 0) is 38.1 Å². The SMILES string of the molecule is CCCCOC(=O)C[CH]C(CCC(=O)OC)CCC(CCCC(=O)OCCC)C(=O)OCC. The molecule has 2 unspecified atom stereocenters. The fourth-order valence-electron chi connectivity index (χ4n) is 3.27. The average Bonchev–Trinajstić information content (AvgIpc) is 2.80. The first-order valence-corrected chi connectivity index (χ1v) is 12.3. The van der Waals surface area contributed by atoms with Crippen molar-refractivity contribution in [2.24, 2.45) is 11.8 Å². The summed E-state index contributed by atoms with van der Waals surface area (Å²) in [4.78, 5) is 47.7. The largest absolute Gasteiger partial charge is 0.469 e. The summed E-state index contributed by atoms with van der Waals surface area (Å²) in [7, 11) is 1.34. The highest BCUT2D eigenvalue weighted by Gasteiger charge is 2.23. The van der Waals surface area contributed by atoms with Crippen molar-refractivity contribution in [2.75, 3.05) is 26.9 Å². The van der Waals surface area contributed by atoms with Gasteiger partial charge in [-0.1, -0.05) is 20.3 Å². The maximum absolute atomic E-state index is 12.4. The van der Waals surface area contributed by atoms with E-state index in [0.29, 0.717) is 45.3 Å². The predicted octanol–water partition coefficient (Wildman–Crippen LogP) is 4.58. The topological polar surface area (TPSA) is 105 Å². The fourth-order valence-corrected chi connectivity index (χ4v) is 3.27. The first kappa shape index (κ1) is 30.9. The molecule has 0 aromatic rings. The Morgan fingerprint density at radius 1 is 0.727 bits per heavy atom. The van der Waals surface area contributed by atoms with Gasteiger partial charge in [0, 0.05) is 19.3 Å².